The van der Waals surface area contributed by atoms with Gasteiger partial charge in [0.1, 0.15) is 0 Å². The van der Waals surface area contributed by atoms with Crippen LogP contribution in [0.2, 0.25) is 0 Å². The average molecular weight is 508 g/mol. The molecular weight excluding hydrogens is 470 g/mol. The van der Waals surface area contributed by atoms with Gasteiger partial charge in [-0.05, 0) is 120 Å². The molecule has 0 aromatic heterocycles. The average Bonchev–Trinajstić information content (AvgIpc) is 3.50. The van der Waals surface area contributed by atoms with Crippen LogP contribution in [-0.2, 0) is 5.41 Å². The molecule has 0 saturated carbocycles. The molecule has 0 heterocycles. The van der Waals surface area contributed by atoms with Crippen molar-refractivity contribution in [2.75, 3.05) is 5.32 Å². The summed E-state index contributed by atoms with van der Waals surface area (Å²) in [6.07, 6.45) is 8.99. The Bertz CT molecular complexity index is 1720. The third kappa shape index (κ3) is 4.08. The molecule has 39 heavy (non-hydrogen) atoms. The first-order chi connectivity index (χ1) is 18.7. The van der Waals surface area contributed by atoms with Crippen LogP contribution in [0, 0.1) is 13.8 Å². The molecule has 0 unspecified atom stereocenters. The minimum atomic E-state index is -0.482. The van der Waals surface area contributed by atoms with Crippen LogP contribution >= 0.6 is 0 Å². The molecule has 1 heteroatoms. The summed E-state index contributed by atoms with van der Waals surface area (Å²) in [5.41, 5.74) is 12.5. The summed E-state index contributed by atoms with van der Waals surface area (Å²) < 4.78 is 0. The summed E-state index contributed by atoms with van der Waals surface area (Å²) in [7, 11) is 0. The molecule has 0 fully saturated rings. The molecule has 0 saturated heterocycles. The van der Waals surface area contributed by atoms with E-state index in [2.05, 4.69) is 156 Å². The van der Waals surface area contributed by atoms with Crippen LogP contribution in [0.3, 0.4) is 0 Å². The Hall–Kier alpha value is -4.10. The highest BCUT2D eigenvalue weighted by molar-refractivity contribution is 5.94. The number of hydrogen-bond donors (Lipinski definition) is 1. The van der Waals surface area contributed by atoms with E-state index in [0.29, 0.717) is 0 Å². The van der Waals surface area contributed by atoms with Crippen LogP contribution in [0.25, 0.3) is 23.8 Å². The monoisotopic (exact) mass is 507 g/mol. The van der Waals surface area contributed by atoms with E-state index in [0.717, 1.165) is 0 Å². The van der Waals surface area contributed by atoms with E-state index in [1.165, 1.54) is 66.2 Å². The summed E-state index contributed by atoms with van der Waals surface area (Å²) in [5.74, 6) is 0. The molecule has 1 nitrogen and oxygen atoms in total. The van der Waals surface area contributed by atoms with Gasteiger partial charge in [-0.3, -0.25) is 0 Å². The highest BCUT2D eigenvalue weighted by atomic mass is 15.0. The second-order valence-corrected chi connectivity index (χ2v) is 12.1. The molecule has 0 aliphatic heterocycles. The highest BCUT2D eigenvalue weighted by Crippen LogP contribution is 2.52. The van der Waals surface area contributed by atoms with Gasteiger partial charge in [-0.2, -0.15) is 0 Å². The maximum absolute atomic E-state index is 3.74. The molecule has 2 aliphatic carbocycles. The van der Waals surface area contributed by atoms with Crippen molar-refractivity contribution in [2.24, 2.45) is 0 Å². The van der Waals surface area contributed by atoms with Crippen LogP contribution < -0.4 is 15.8 Å². The van der Waals surface area contributed by atoms with Crippen molar-refractivity contribution in [1.82, 2.24) is 0 Å². The van der Waals surface area contributed by atoms with E-state index < -0.39 is 5.41 Å². The molecule has 4 aromatic rings. The van der Waals surface area contributed by atoms with Gasteiger partial charge in [0.05, 0.1) is 5.41 Å². The Morgan fingerprint density at radius 1 is 0.667 bits per heavy atom. The van der Waals surface area contributed by atoms with Crippen LogP contribution in [-0.4, -0.2) is 5.54 Å². The predicted molar refractivity (Wildman–Crippen MR) is 168 cm³/mol. The zero-order chi connectivity index (χ0) is 27.4. The van der Waals surface area contributed by atoms with Gasteiger partial charge in [-0.25, -0.2) is 0 Å². The lowest BCUT2D eigenvalue weighted by Gasteiger charge is -2.40. The number of hydrogen-bond acceptors (Lipinski definition) is 1. The van der Waals surface area contributed by atoms with Gasteiger partial charge in [-0.1, -0.05) is 91.0 Å². The fraction of sp³-hybridized carbons (Fsp3) is 0.211. The maximum atomic E-state index is 3.74. The van der Waals surface area contributed by atoms with Crippen LogP contribution in [0.5, 0.6) is 0 Å². The number of fused-ring (bicyclic) bond motifs is 2. The highest BCUT2D eigenvalue weighted by Gasteiger charge is 2.44. The summed E-state index contributed by atoms with van der Waals surface area (Å²) in [6, 6.07) is 31.6. The normalized spacial score (nSPS) is 14.1. The van der Waals surface area contributed by atoms with Crippen molar-refractivity contribution in [2.45, 2.75) is 52.5 Å². The third-order valence-electron chi connectivity index (χ3n) is 8.33. The summed E-state index contributed by atoms with van der Waals surface area (Å²) in [5, 5.41) is 6.34. The second-order valence-electron chi connectivity index (χ2n) is 12.1. The van der Waals surface area contributed by atoms with Gasteiger partial charge in [-0.15, -0.1) is 0 Å². The Kier molecular flexibility index (Phi) is 5.99. The molecule has 4 aromatic carbocycles. The molecule has 0 radical (unpaired) electrons. The molecule has 2 aliphatic rings. The van der Waals surface area contributed by atoms with E-state index in [-0.39, 0.29) is 5.54 Å². The Labute approximate surface area is 232 Å². The van der Waals surface area contributed by atoms with Gasteiger partial charge in [0.25, 0.3) is 0 Å². The first-order valence-electron chi connectivity index (χ1n) is 14.0. The Morgan fingerprint density at radius 2 is 1.31 bits per heavy atom. The lowest BCUT2D eigenvalue weighted by Crippen LogP contribution is -2.34. The van der Waals surface area contributed by atoms with Crippen molar-refractivity contribution >= 4 is 29.5 Å². The van der Waals surface area contributed by atoms with Crippen molar-refractivity contribution < 1.29 is 0 Å². The smallest absolute Gasteiger partial charge is 0.0712 e. The number of allylic oxidation sites excluding steroid dienone is 3. The predicted octanol–water partition coefficient (Wildman–Crippen LogP) is 7.92. The maximum Gasteiger partial charge on any atom is 0.0712 e. The van der Waals surface area contributed by atoms with E-state index >= 15 is 0 Å². The fourth-order valence-corrected chi connectivity index (χ4v) is 6.59. The van der Waals surface area contributed by atoms with Crippen molar-refractivity contribution in [1.29, 1.82) is 0 Å². The van der Waals surface area contributed by atoms with Crippen LogP contribution in [0.15, 0.2) is 96.6 Å². The lowest BCUT2D eigenvalue weighted by atomic mass is 9.61. The van der Waals surface area contributed by atoms with Gasteiger partial charge in [0.2, 0.25) is 0 Å². The molecular formula is C38H37N. The molecule has 0 spiro atoms. The topological polar surface area (TPSA) is 12.0 Å². The van der Waals surface area contributed by atoms with Gasteiger partial charge < -0.3 is 5.32 Å². The van der Waals surface area contributed by atoms with Gasteiger partial charge >= 0.3 is 0 Å². The fourth-order valence-electron chi connectivity index (χ4n) is 6.59. The van der Waals surface area contributed by atoms with Gasteiger partial charge in [0.15, 0.2) is 0 Å². The zero-order valence-corrected chi connectivity index (χ0v) is 23.9. The van der Waals surface area contributed by atoms with Crippen molar-refractivity contribution in [3.63, 3.8) is 0 Å². The van der Waals surface area contributed by atoms with Crippen molar-refractivity contribution in [3.05, 3.63) is 146 Å². The molecule has 0 atom stereocenters. The molecule has 194 valence electrons. The number of nitrogens with one attached hydrogen (secondary N) is 1. The summed E-state index contributed by atoms with van der Waals surface area (Å²) in [4.78, 5) is 0. The largest absolute Gasteiger partial charge is 0.380 e. The van der Waals surface area contributed by atoms with E-state index in [4.69, 9.17) is 0 Å². The van der Waals surface area contributed by atoms with E-state index in [9.17, 15) is 0 Å². The van der Waals surface area contributed by atoms with Crippen molar-refractivity contribution in [3.8, 4) is 0 Å². The third-order valence-corrected chi connectivity index (χ3v) is 8.33. The van der Waals surface area contributed by atoms with Crippen LogP contribution in [0.1, 0.15) is 66.6 Å². The first-order valence-corrected chi connectivity index (χ1v) is 14.0. The standard InChI is InChI=1S/C38H37N/c1-25-22-30-23-28-14-13-15-29(28)24-33(30)36(25)38(31-16-9-7-10-17-31,32-18-11-8-12-19-32)34-20-21-35(27(3)26(34)2)39-37(4,5)6/h7-24,39H,1-6H3. The molecule has 0 amide bonds. The minimum absolute atomic E-state index is 0.0158. The molecule has 6 rings (SSSR count). The van der Waals surface area contributed by atoms with Gasteiger partial charge in [0, 0.05) is 11.2 Å². The van der Waals surface area contributed by atoms with E-state index in [1.807, 2.05) is 0 Å². The quantitative estimate of drug-likeness (QED) is 0.271. The minimum Gasteiger partial charge on any atom is -0.380 e. The summed E-state index contributed by atoms with van der Waals surface area (Å²) in [6.45, 7) is 13.5. The zero-order valence-electron chi connectivity index (χ0n) is 23.9. The lowest BCUT2D eigenvalue weighted by molar-refractivity contribution is 0.633. The Balaban J connectivity index is 1.73. The molecule has 1 N–H and O–H groups in total. The SMILES string of the molecule is CC1=C(C(c2ccccc2)(c2ccccc2)c2ccc(NC(C)(C)C)c(C)c2C)c2cc3c(cc2=C1)C=CC=3. The summed E-state index contributed by atoms with van der Waals surface area (Å²) >= 11 is 0. The van der Waals surface area contributed by atoms with Crippen LogP contribution in [0.4, 0.5) is 5.69 Å². The van der Waals surface area contributed by atoms with E-state index in [1.54, 1.807) is 0 Å². The number of rotatable bonds is 5. The second kappa shape index (κ2) is 9.27. The number of anilines is 1. The first kappa shape index (κ1) is 25.2. The number of benzene rings is 4. The molecule has 0 bridgehead atoms. The Morgan fingerprint density at radius 3 is 1.92 bits per heavy atom.